The van der Waals surface area contributed by atoms with E-state index in [2.05, 4.69) is 5.32 Å². The number of carbonyl (C=O) groups is 2. The number of halogens is 1. The molecular formula is C16H15ClNO6-. The van der Waals surface area contributed by atoms with Crippen molar-refractivity contribution >= 4 is 34.4 Å². The molecule has 1 amide bonds. The summed E-state index contributed by atoms with van der Waals surface area (Å²) in [5, 5.41) is 13.8. The van der Waals surface area contributed by atoms with Crippen LogP contribution in [-0.4, -0.2) is 25.0 Å². The van der Waals surface area contributed by atoms with Gasteiger partial charge in [0.05, 0.1) is 36.1 Å². The van der Waals surface area contributed by atoms with Crippen molar-refractivity contribution < 1.29 is 23.8 Å². The van der Waals surface area contributed by atoms with Crippen molar-refractivity contribution in [2.24, 2.45) is 0 Å². The fraction of sp³-hybridized carbons (Fsp3) is 0.312. The van der Waals surface area contributed by atoms with E-state index in [1.807, 2.05) is 0 Å². The average Bonchev–Trinajstić information content (AvgIpc) is 2.51. The molecule has 7 nitrogen and oxygen atoms in total. The Morgan fingerprint density at radius 3 is 2.67 bits per heavy atom. The molecule has 0 aliphatic rings. The quantitative estimate of drug-likeness (QED) is 0.787. The van der Waals surface area contributed by atoms with E-state index in [-0.39, 0.29) is 17.6 Å². The number of hydrogen-bond acceptors (Lipinski definition) is 6. The van der Waals surface area contributed by atoms with Crippen LogP contribution in [0.3, 0.4) is 0 Å². The normalized spacial score (nSPS) is 12.0. The monoisotopic (exact) mass is 352 g/mol. The second-order valence-electron chi connectivity index (χ2n) is 5.26. The van der Waals surface area contributed by atoms with Gasteiger partial charge in [-0.25, -0.2) is 4.79 Å². The summed E-state index contributed by atoms with van der Waals surface area (Å²) < 4.78 is 10.3. The number of hydrogen-bond donors (Lipinski definition) is 1. The molecule has 0 saturated heterocycles. The van der Waals surface area contributed by atoms with E-state index in [0.717, 1.165) is 0 Å². The molecule has 8 heteroatoms. The molecule has 24 heavy (non-hydrogen) atoms. The first-order valence-corrected chi connectivity index (χ1v) is 7.42. The van der Waals surface area contributed by atoms with Gasteiger partial charge < -0.3 is 24.4 Å². The van der Waals surface area contributed by atoms with Gasteiger partial charge in [0.25, 0.3) is 0 Å². The highest BCUT2D eigenvalue weighted by Crippen LogP contribution is 2.31. The van der Waals surface area contributed by atoms with Crippen molar-refractivity contribution in [3.8, 4) is 5.75 Å². The minimum Gasteiger partial charge on any atom is -0.548 e. The summed E-state index contributed by atoms with van der Waals surface area (Å²) in [6.45, 7) is 2.93. The van der Waals surface area contributed by atoms with E-state index < -0.39 is 23.5 Å². The van der Waals surface area contributed by atoms with Gasteiger partial charge in [0.1, 0.15) is 11.3 Å². The van der Waals surface area contributed by atoms with Crippen LogP contribution in [0.4, 0.5) is 0 Å². The second-order valence-corrected chi connectivity index (χ2v) is 5.67. The first kappa shape index (κ1) is 17.8. The Labute approximate surface area is 142 Å². The highest BCUT2D eigenvalue weighted by atomic mass is 35.5. The molecule has 0 radical (unpaired) electrons. The Morgan fingerprint density at radius 2 is 2.08 bits per heavy atom. The number of rotatable bonds is 5. The predicted octanol–water partition coefficient (Wildman–Crippen LogP) is 0.561. The number of carboxylic acid groups (broad SMARTS) is 1. The van der Waals surface area contributed by atoms with E-state index >= 15 is 0 Å². The number of carbonyl (C=O) groups excluding carboxylic acids is 2. The smallest absolute Gasteiger partial charge is 0.340 e. The molecule has 0 unspecified atom stereocenters. The van der Waals surface area contributed by atoms with Crippen molar-refractivity contribution in [1.82, 2.24) is 5.32 Å². The Bertz CT molecular complexity index is 873. The summed E-state index contributed by atoms with van der Waals surface area (Å²) in [6, 6.07) is 1.91. The van der Waals surface area contributed by atoms with Crippen LogP contribution in [0, 0.1) is 6.92 Å². The van der Waals surface area contributed by atoms with Crippen LogP contribution in [-0.2, 0) is 16.0 Å². The van der Waals surface area contributed by atoms with Crippen LogP contribution in [0.25, 0.3) is 11.0 Å². The summed E-state index contributed by atoms with van der Waals surface area (Å²) in [4.78, 5) is 34.7. The molecule has 0 spiro atoms. The summed E-state index contributed by atoms with van der Waals surface area (Å²) in [5.74, 6) is -1.68. The van der Waals surface area contributed by atoms with E-state index in [1.54, 1.807) is 13.0 Å². The Balaban J connectivity index is 2.43. The average molecular weight is 353 g/mol. The molecule has 128 valence electrons. The number of methoxy groups -OCH3 is 1. The van der Waals surface area contributed by atoms with Gasteiger partial charge in [-0.15, -0.1) is 0 Å². The number of nitrogens with one attached hydrogen (secondary N) is 1. The minimum atomic E-state index is -1.41. The summed E-state index contributed by atoms with van der Waals surface area (Å²) >= 11 is 6.08. The topological polar surface area (TPSA) is 109 Å². The van der Waals surface area contributed by atoms with Crippen molar-refractivity contribution in [2.45, 2.75) is 26.3 Å². The molecular weight excluding hydrogens is 338 g/mol. The SMILES string of the molecule is COc1cc2oc(=O)c(CC(=O)N[C@H](C)C(=O)[O-])c(C)c2cc1Cl. The molecule has 0 aliphatic carbocycles. The van der Waals surface area contributed by atoms with Gasteiger partial charge in [-0.1, -0.05) is 11.6 Å². The zero-order valence-corrected chi connectivity index (χ0v) is 14.0. The molecule has 1 N–H and O–H groups in total. The van der Waals surface area contributed by atoms with Crippen molar-refractivity contribution in [3.05, 3.63) is 38.7 Å². The zero-order valence-electron chi connectivity index (χ0n) is 13.3. The third-order valence-corrected chi connectivity index (χ3v) is 3.92. The first-order chi connectivity index (χ1) is 11.2. The standard InChI is InChI=1S/C16H16ClNO6/c1-7-9-4-11(17)13(23-3)6-12(9)24-16(22)10(7)5-14(19)18-8(2)15(20)21/h4,6,8H,5H2,1-3H3,(H,18,19)(H,20,21)/p-1/t8-/m1/s1. The highest BCUT2D eigenvalue weighted by molar-refractivity contribution is 6.32. The molecule has 2 aromatic rings. The number of aliphatic carboxylic acids is 1. The van der Waals surface area contributed by atoms with Gasteiger partial charge in [0.15, 0.2) is 0 Å². The van der Waals surface area contributed by atoms with Gasteiger partial charge in [-0.3, -0.25) is 4.79 Å². The van der Waals surface area contributed by atoms with Crippen LogP contribution in [0.15, 0.2) is 21.3 Å². The molecule has 0 aliphatic heterocycles. The maximum atomic E-state index is 12.1. The number of amides is 1. The van der Waals surface area contributed by atoms with Gasteiger partial charge >= 0.3 is 5.63 Å². The van der Waals surface area contributed by atoms with Crippen LogP contribution in [0.1, 0.15) is 18.1 Å². The number of aryl methyl sites for hydroxylation is 1. The minimum absolute atomic E-state index is 0.131. The van der Waals surface area contributed by atoms with Crippen molar-refractivity contribution in [1.29, 1.82) is 0 Å². The molecule has 2 rings (SSSR count). The zero-order chi connectivity index (χ0) is 18.0. The van der Waals surface area contributed by atoms with Crippen LogP contribution < -0.4 is 20.8 Å². The highest BCUT2D eigenvalue weighted by Gasteiger charge is 2.17. The number of benzene rings is 1. The molecule has 1 atom stereocenters. The predicted molar refractivity (Wildman–Crippen MR) is 85.1 cm³/mol. The molecule has 1 heterocycles. The lowest BCUT2D eigenvalue weighted by atomic mass is 10.0. The first-order valence-electron chi connectivity index (χ1n) is 7.04. The van der Waals surface area contributed by atoms with Gasteiger partial charge in [0.2, 0.25) is 5.91 Å². The van der Waals surface area contributed by atoms with Crippen molar-refractivity contribution in [3.63, 3.8) is 0 Å². The summed E-state index contributed by atoms with van der Waals surface area (Å²) in [7, 11) is 1.44. The molecule has 0 fully saturated rings. The summed E-state index contributed by atoms with van der Waals surface area (Å²) in [5.41, 5.74) is 0.264. The fourth-order valence-corrected chi connectivity index (χ4v) is 2.50. The number of ether oxygens (including phenoxy) is 1. The maximum Gasteiger partial charge on any atom is 0.340 e. The molecule has 0 saturated carbocycles. The second kappa shape index (κ2) is 6.92. The largest absolute Gasteiger partial charge is 0.548 e. The van der Waals surface area contributed by atoms with Gasteiger partial charge in [0, 0.05) is 11.5 Å². The number of carboxylic acids is 1. The van der Waals surface area contributed by atoms with E-state index in [4.69, 9.17) is 20.8 Å². The Kier molecular flexibility index (Phi) is 5.14. The van der Waals surface area contributed by atoms with E-state index in [0.29, 0.717) is 21.7 Å². The van der Waals surface area contributed by atoms with Crippen molar-refractivity contribution in [2.75, 3.05) is 7.11 Å². The summed E-state index contributed by atoms with van der Waals surface area (Å²) in [6.07, 6.45) is -0.314. The van der Waals surface area contributed by atoms with E-state index in [9.17, 15) is 19.5 Å². The number of fused-ring (bicyclic) bond motifs is 1. The van der Waals surface area contributed by atoms with Crippen LogP contribution in [0.5, 0.6) is 5.75 Å². The molecule has 1 aromatic heterocycles. The fourth-order valence-electron chi connectivity index (χ4n) is 2.26. The van der Waals surface area contributed by atoms with Gasteiger partial charge in [-0.05, 0) is 25.5 Å². The third kappa shape index (κ3) is 3.51. The Hall–Kier alpha value is -2.54. The van der Waals surface area contributed by atoms with Crippen LogP contribution >= 0.6 is 11.6 Å². The lowest BCUT2D eigenvalue weighted by Gasteiger charge is -2.15. The lowest BCUT2D eigenvalue weighted by Crippen LogP contribution is -2.46. The lowest BCUT2D eigenvalue weighted by molar-refractivity contribution is -0.307. The van der Waals surface area contributed by atoms with Crippen LogP contribution in [0.2, 0.25) is 5.02 Å². The van der Waals surface area contributed by atoms with Gasteiger partial charge in [-0.2, -0.15) is 0 Å². The third-order valence-electron chi connectivity index (χ3n) is 3.63. The molecule has 0 bridgehead atoms. The molecule has 1 aromatic carbocycles. The van der Waals surface area contributed by atoms with E-state index in [1.165, 1.54) is 20.1 Å². The maximum absolute atomic E-state index is 12.1. The Morgan fingerprint density at radius 1 is 1.42 bits per heavy atom.